The maximum absolute atomic E-state index is 4.54. The summed E-state index contributed by atoms with van der Waals surface area (Å²) in [5, 5.41) is 6.61. The SMILES string of the molecule is CCc1cccnc1C(Cc1csc(C)n1)NC. The number of aromatic nitrogens is 2. The van der Waals surface area contributed by atoms with E-state index in [2.05, 4.69) is 33.7 Å². The Hall–Kier alpha value is -1.26. The van der Waals surface area contributed by atoms with Gasteiger partial charge < -0.3 is 5.32 Å². The van der Waals surface area contributed by atoms with Crippen molar-refractivity contribution in [2.24, 2.45) is 0 Å². The highest BCUT2D eigenvalue weighted by molar-refractivity contribution is 7.09. The number of pyridine rings is 1. The molecule has 0 bridgehead atoms. The molecule has 96 valence electrons. The molecule has 1 atom stereocenters. The topological polar surface area (TPSA) is 37.8 Å². The number of thiazole rings is 1. The Morgan fingerprint density at radius 3 is 2.89 bits per heavy atom. The highest BCUT2D eigenvalue weighted by Gasteiger charge is 2.15. The van der Waals surface area contributed by atoms with E-state index in [-0.39, 0.29) is 6.04 Å². The minimum Gasteiger partial charge on any atom is -0.311 e. The van der Waals surface area contributed by atoms with Crippen LogP contribution in [0.25, 0.3) is 0 Å². The van der Waals surface area contributed by atoms with Crippen LogP contribution in [-0.2, 0) is 12.8 Å². The first-order valence-corrected chi connectivity index (χ1v) is 7.14. The summed E-state index contributed by atoms with van der Waals surface area (Å²) in [5.74, 6) is 0. The van der Waals surface area contributed by atoms with Crippen molar-refractivity contribution in [1.82, 2.24) is 15.3 Å². The van der Waals surface area contributed by atoms with E-state index in [1.165, 1.54) is 5.56 Å². The molecule has 0 saturated heterocycles. The summed E-state index contributed by atoms with van der Waals surface area (Å²) in [6, 6.07) is 4.39. The molecule has 2 heterocycles. The number of hydrogen-bond acceptors (Lipinski definition) is 4. The zero-order valence-corrected chi connectivity index (χ0v) is 11.9. The number of nitrogens with one attached hydrogen (secondary N) is 1. The molecule has 0 aromatic carbocycles. The van der Waals surface area contributed by atoms with E-state index in [4.69, 9.17) is 0 Å². The van der Waals surface area contributed by atoms with Gasteiger partial charge in [-0.15, -0.1) is 11.3 Å². The second-order valence-electron chi connectivity index (χ2n) is 4.30. The predicted molar refractivity (Wildman–Crippen MR) is 76.0 cm³/mol. The van der Waals surface area contributed by atoms with E-state index in [0.717, 1.165) is 29.2 Å². The Morgan fingerprint density at radius 1 is 1.44 bits per heavy atom. The fourth-order valence-electron chi connectivity index (χ4n) is 2.11. The molecular formula is C14H19N3S. The fraction of sp³-hybridized carbons (Fsp3) is 0.429. The lowest BCUT2D eigenvalue weighted by Gasteiger charge is -2.17. The van der Waals surface area contributed by atoms with E-state index < -0.39 is 0 Å². The average Bonchev–Trinajstić information content (AvgIpc) is 2.81. The van der Waals surface area contributed by atoms with E-state index in [1.807, 2.05) is 26.2 Å². The van der Waals surface area contributed by atoms with Crippen LogP contribution in [-0.4, -0.2) is 17.0 Å². The van der Waals surface area contributed by atoms with Gasteiger partial charge in [-0.05, 0) is 32.0 Å². The van der Waals surface area contributed by atoms with Crippen molar-refractivity contribution in [1.29, 1.82) is 0 Å². The molecule has 2 rings (SSSR count). The van der Waals surface area contributed by atoms with Gasteiger partial charge in [-0.3, -0.25) is 4.98 Å². The van der Waals surface area contributed by atoms with E-state index in [1.54, 1.807) is 11.3 Å². The number of aryl methyl sites for hydroxylation is 2. The Labute approximate surface area is 112 Å². The van der Waals surface area contributed by atoms with E-state index in [0.29, 0.717) is 0 Å². The largest absolute Gasteiger partial charge is 0.311 e. The molecule has 0 fully saturated rings. The first-order chi connectivity index (χ1) is 8.74. The molecule has 3 nitrogen and oxygen atoms in total. The Kier molecular flexibility index (Phi) is 4.44. The van der Waals surface area contributed by atoms with Gasteiger partial charge in [0.25, 0.3) is 0 Å². The maximum Gasteiger partial charge on any atom is 0.0897 e. The minimum atomic E-state index is 0.239. The summed E-state index contributed by atoms with van der Waals surface area (Å²) in [7, 11) is 1.98. The lowest BCUT2D eigenvalue weighted by Crippen LogP contribution is -2.21. The van der Waals surface area contributed by atoms with E-state index >= 15 is 0 Å². The van der Waals surface area contributed by atoms with Crippen LogP contribution in [0.2, 0.25) is 0 Å². The molecule has 4 heteroatoms. The van der Waals surface area contributed by atoms with Crippen molar-refractivity contribution in [3.63, 3.8) is 0 Å². The summed E-state index contributed by atoms with van der Waals surface area (Å²) >= 11 is 1.70. The number of rotatable bonds is 5. The summed E-state index contributed by atoms with van der Waals surface area (Å²) < 4.78 is 0. The first-order valence-electron chi connectivity index (χ1n) is 6.26. The van der Waals surface area contributed by atoms with Crippen molar-refractivity contribution in [3.05, 3.63) is 45.7 Å². The van der Waals surface area contributed by atoms with Crippen LogP contribution in [0, 0.1) is 6.92 Å². The molecule has 1 N–H and O–H groups in total. The van der Waals surface area contributed by atoms with Crippen molar-refractivity contribution in [2.75, 3.05) is 7.05 Å². The van der Waals surface area contributed by atoms with Crippen molar-refractivity contribution in [2.45, 2.75) is 32.7 Å². The summed E-state index contributed by atoms with van der Waals surface area (Å²) in [6.07, 6.45) is 3.77. The van der Waals surface area contributed by atoms with Gasteiger partial charge in [0.2, 0.25) is 0 Å². The molecule has 18 heavy (non-hydrogen) atoms. The molecule has 0 saturated carbocycles. The predicted octanol–water partition coefficient (Wildman–Crippen LogP) is 2.91. The lowest BCUT2D eigenvalue weighted by molar-refractivity contribution is 0.564. The molecule has 0 aliphatic heterocycles. The number of nitrogens with zero attached hydrogens (tertiary/aromatic N) is 2. The molecule has 0 aliphatic rings. The average molecular weight is 261 g/mol. The quantitative estimate of drug-likeness (QED) is 0.899. The standard InChI is InChI=1S/C14H19N3S/c1-4-11-6-5-7-16-14(11)13(15-3)8-12-9-18-10(2)17-12/h5-7,9,13,15H,4,8H2,1-3H3. The Bertz CT molecular complexity index is 507. The van der Waals surface area contributed by atoms with Crippen molar-refractivity contribution >= 4 is 11.3 Å². The van der Waals surface area contributed by atoms with Crippen LogP contribution >= 0.6 is 11.3 Å². The van der Waals surface area contributed by atoms with Crippen LogP contribution in [0.5, 0.6) is 0 Å². The van der Waals surface area contributed by atoms with Gasteiger partial charge in [-0.1, -0.05) is 13.0 Å². The number of hydrogen-bond donors (Lipinski definition) is 1. The first kappa shape index (κ1) is 13.2. The third kappa shape index (κ3) is 2.94. The third-order valence-electron chi connectivity index (χ3n) is 3.07. The molecule has 2 aromatic heterocycles. The van der Waals surface area contributed by atoms with Crippen LogP contribution in [0.3, 0.4) is 0 Å². The van der Waals surface area contributed by atoms with E-state index in [9.17, 15) is 0 Å². The normalized spacial score (nSPS) is 12.6. The summed E-state index contributed by atoms with van der Waals surface area (Å²) in [6.45, 7) is 4.21. The molecule has 0 radical (unpaired) electrons. The van der Waals surface area contributed by atoms with Gasteiger partial charge in [0, 0.05) is 18.0 Å². The van der Waals surface area contributed by atoms with Gasteiger partial charge in [0.1, 0.15) is 0 Å². The van der Waals surface area contributed by atoms with Crippen LogP contribution in [0.1, 0.15) is 34.9 Å². The summed E-state index contributed by atoms with van der Waals surface area (Å²) in [4.78, 5) is 9.07. The molecule has 0 aliphatic carbocycles. The molecule has 0 spiro atoms. The fourth-order valence-corrected chi connectivity index (χ4v) is 2.74. The van der Waals surface area contributed by atoms with Gasteiger partial charge in [-0.25, -0.2) is 4.98 Å². The molecule has 0 amide bonds. The van der Waals surface area contributed by atoms with Crippen molar-refractivity contribution in [3.8, 4) is 0 Å². The van der Waals surface area contributed by atoms with Gasteiger partial charge >= 0.3 is 0 Å². The second-order valence-corrected chi connectivity index (χ2v) is 5.37. The Morgan fingerprint density at radius 2 is 2.28 bits per heavy atom. The molecule has 1 unspecified atom stereocenters. The second kappa shape index (κ2) is 6.07. The number of likely N-dealkylation sites (N-methyl/N-ethyl adjacent to an activating group) is 1. The minimum absolute atomic E-state index is 0.239. The lowest BCUT2D eigenvalue weighted by atomic mass is 10.0. The molecular weight excluding hydrogens is 242 g/mol. The zero-order chi connectivity index (χ0) is 13.0. The smallest absolute Gasteiger partial charge is 0.0897 e. The van der Waals surface area contributed by atoms with Crippen LogP contribution < -0.4 is 5.32 Å². The van der Waals surface area contributed by atoms with Gasteiger partial charge in [0.05, 0.1) is 22.4 Å². The van der Waals surface area contributed by atoms with Crippen LogP contribution in [0.4, 0.5) is 0 Å². The van der Waals surface area contributed by atoms with Gasteiger partial charge in [-0.2, -0.15) is 0 Å². The van der Waals surface area contributed by atoms with Crippen LogP contribution in [0.15, 0.2) is 23.7 Å². The highest BCUT2D eigenvalue weighted by atomic mass is 32.1. The highest BCUT2D eigenvalue weighted by Crippen LogP contribution is 2.21. The monoisotopic (exact) mass is 261 g/mol. The molecule has 2 aromatic rings. The zero-order valence-electron chi connectivity index (χ0n) is 11.1. The van der Waals surface area contributed by atoms with Gasteiger partial charge in [0.15, 0.2) is 0 Å². The van der Waals surface area contributed by atoms with Crippen molar-refractivity contribution < 1.29 is 0 Å². The Balaban J connectivity index is 2.22. The maximum atomic E-state index is 4.54. The summed E-state index contributed by atoms with van der Waals surface area (Å²) in [5.41, 5.74) is 3.60. The third-order valence-corrected chi connectivity index (χ3v) is 3.89.